The van der Waals surface area contributed by atoms with Crippen LogP contribution in [0, 0.1) is 11.3 Å². The van der Waals surface area contributed by atoms with E-state index in [0.29, 0.717) is 0 Å². The van der Waals surface area contributed by atoms with E-state index in [1.165, 1.54) is 13.3 Å². The van der Waals surface area contributed by atoms with Crippen LogP contribution < -0.4 is 7.16 Å². The molecule has 0 saturated heterocycles. The van der Waals surface area contributed by atoms with Crippen molar-refractivity contribution in [1.29, 1.82) is 5.26 Å². The van der Waals surface area contributed by atoms with E-state index in [9.17, 15) is 5.26 Å². The zero-order valence-electron chi connectivity index (χ0n) is 13.0. The number of nitriles is 1. The Morgan fingerprint density at radius 1 is 0.900 bits per heavy atom. The third kappa shape index (κ3) is 3.28. The molecule has 0 spiro atoms. The van der Waals surface area contributed by atoms with Gasteiger partial charge in [0.05, 0.1) is 0 Å². The van der Waals surface area contributed by atoms with Crippen molar-refractivity contribution in [2.75, 3.05) is 0 Å². The van der Waals surface area contributed by atoms with Gasteiger partial charge in [0, 0.05) is 0 Å². The van der Waals surface area contributed by atoms with Crippen LogP contribution in [-0.2, 0) is 0 Å². The molecular weight excluding hydrogens is 496 g/mol. The Balaban J connectivity index is 2.65. The molecule has 0 fully saturated rings. The third-order valence-corrected chi connectivity index (χ3v) is 18.1. The van der Waals surface area contributed by atoms with Gasteiger partial charge in [-0.15, -0.1) is 0 Å². The summed E-state index contributed by atoms with van der Waals surface area (Å²) in [6, 6.07) is 4.81. The van der Waals surface area contributed by atoms with E-state index in [2.05, 4.69) is 52.5 Å². The Morgan fingerprint density at radius 3 is 2.00 bits per heavy atom. The van der Waals surface area contributed by atoms with Crippen LogP contribution in [0.15, 0.2) is 16.8 Å². The molecule has 0 aliphatic carbocycles. The summed E-state index contributed by atoms with van der Waals surface area (Å²) >= 11 is -0.704. The third-order valence-electron chi connectivity index (χ3n) is 3.39. The number of hydrogen-bond donors (Lipinski definition) is 0. The Morgan fingerprint density at radius 2 is 1.50 bits per heavy atom. The second-order valence-electron chi connectivity index (χ2n) is 7.13. The average molecular weight is 517 g/mol. The van der Waals surface area contributed by atoms with E-state index in [-0.39, 0.29) is 0 Å². The van der Waals surface area contributed by atoms with Gasteiger partial charge in [-0.25, -0.2) is 0 Å². The number of rotatable bonds is 3. The molecule has 106 valence electrons. The molecule has 2 heterocycles. The minimum absolute atomic E-state index is 0.984. The van der Waals surface area contributed by atoms with E-state index in [1.54, 1.807) is 14.9 Å². The molecule has 0 aliphatic rings. The molecule has 0 atom stereocenters. The summed E-state index contributed by atoms with van der Waals surface area (Å²) in [5, 5.41) is 14.1. The van der Waals surface area contributed by atoms with Crippen LogP contribution in [0.5, 0.6) is 0 Å². The van der Waals surface area contributed by atoms with Gasteiger partial charge in [-0.05, 0) is 0 Å². The summed E-state index contributed by atoms with van der Waals surface area (Å²) in [5.74, 6) is 0. The van der Waals surface area contributed by atoms with E-state index < -0.39 is 36.8 Å². The monoisotopic (exact) mass is 519 g/mol. The maximum absolute atomic E-state index is 9.66. The molecule has 0 saturated carbocycles. The first-order valence-electron chi connectivity index (χ1n) is 6.76. The predicted molar refractivity (Wildman–Crippen MR) is 98.3 cm³/mol. The van der Waals surface area contributed by atoms with Crippen molar-refractivity contribution in [3.63, 3.8) is 0 Å². The summed E-state index contributed by atoms with van der Waals surface area (Å²) in [7, 11) is 0. The van der Waals surface area contributed by atoms with E-state index in [4.69, 9.17) is 0 Å². The molecule has 1 nitrogen and oxygen atoms in total. The van der Waals surface area contributed by atoms with Gasteiger partial charge in [-0.2, -0.15) is 0 Å². The zero-order valence-corrected chi connectivity index (χ0v) is 20.3. The van der Waals surface area contributed by atoms with Gasteiger partial charge in [0.25, 0.3) is 0 Å². The topological polar surface area (TPSA) is 23.8 Å². The summed E-state index contributed by atoms with van der Waals surface area (Å²) in [6.45, 7) is 0. The first-order chi connectivity index (χ1) is 9.16. The van der Waals surface area contributed by atoms with Crippen molar-refractivity contribution in [3.8, 4) is 15.8 Å². The van der Waals surface area contributed by atoms with Gasteiger partial charge in [0.1, 0.15) is 0 Å². The van der Waals surface area contributed by atoms with Crippen LogP contribution in [0.3, 0.4) is 0 Å². The molecule has 2 aromatic rings. The standard InChI is InChI=1S/C9H3NS2.6CH3.2Sn/c10-6-7-3-5-12-9(7)8-2-1-4-11-8;;;;;;;;/h1,4-5H;6*1H3;;. The predicted octanol–water partition coefficient (Wildman–Crippen LogP) is 4.44. The van der Waals surface area contributed by atoms with Crippen molar-refractivity contribution in [2.45, 2.75) is 29.6 Å². The van der Waals surface area contributed by atoms with Crippen molar-refractivity contribution >= 4 is 66.6 Å². The molecule has 0 N–H and O–H groups in total. The van der Waals surface area contributed by atoms with Gasteiger partial charge in [-0.3, -0.25) is 0 Å². The minimum atomic E-state index is -2.20. The molecule has 0 aromatic carbocycles. The number of hydrogen-bond acceptors (Lipinski definition) is 3. The molecule has 0 unspecified atom stereocenters. The molecule has 20 heavy (non-hydrogen) atoms. The van der Waals surface area contributed by atoms with Crippen LogP contribution in [0.2, 0.25) is 29.6 Å². The molecule has 0 aliphatic heterocycles. The Kier molecular flexibility index (Phi) is 5.00. The van der Waals surface area contributed by atoms with Gasteiger partial charge in [0.2, 0.25) is 0 Å². The van der Waals surface area contributed by atoms with Gasteiger partial charge >= 0.3 is 140 Å². The van der Waals surface area contributed by atoms with Crippen LogP contribution in [0.1, 0.15) is 5.56 Å². The van der Waals surface area contributed by atoms with Gasteiger partial charge < -0.3 is 0 Å². The van der Waals surface area contributed by atoms with Crippen LogP contribution in [0.25, 0.3) is 9.75 Å². The Labute approximate surface area is 138 Å². The molecule has 0 amide bonds. The summed E-state index contributed by atoms with van der Waals surface area (Å²) in [5.41, 5.74) is 0.984. The zero-order chi connectivity index (χ0) is 15.1. The fraction of sp³-hybridized carbons (Fsp3) is 0.400. The van der Waals surface area contributed by atoms with E-state index >= 15 is 0 Å². The molecule has 0 radical (unpaired) electrons. The molecule has 0 bridgehead atoms. The summed E-state index contributed by atoms with van der Waals surface area (Å²) in [4.78, 5) is 17.1. The first kappa shape index (κ1) is 16.9. The van der Waals surface area contributed by atoms with Crippen molar-refractivity contribution in [3.05, 3.63) is 22.4 Å². The fourth-order valence-electron chi connectivity index (χ4n) is 2.26. The fourth-order valence-corrected chi connectivity index (χ4v) is 18.1. The molecule has 2 aromatic heterocycles. The average Bonchev–Trinajstić information content (AvgIpc) is 2.92. The second kappa shape index (κ2) is 5.94. The first-order valence-corrected chi connectivity index (χ1v) is 28.5. The van der Waals surface area contributed by atoms with Crippen molar-refractivity contribution in [2.24, 2.45) is 0 Å². The summed E-state index contributed by atoms with van der Waals surface area (Å²) in [6.07, 6.45) is 0. The number of thiophene rings is 2. The molecular formula is C15H21NS2Sn2. The van der Waals surface area contributed by atoms with Gasteiger partial charge in [0.15, 0.2) is 0 Å². The van der Waals surface area contributed by atoms with Crippen molar-refractivity contribution in [1.82, 2.24) is 0 Å². The Hall–Kier alpha value is 0.487. The van der Waals surface area contributed by atoms with Crippen molar-refractivity contribution < 1.29 is 0 Å². The van der Waals surface area contributed by atoms with E-state index in [1.807, 2.05) is 11.3 Å². The second-order valence-corrected chi connectivity index (χ2v) is 37.7. The SMILES string of the molecule is [CH3][Sn]([CH3])([CH3])[c]1ccsc1-c1sc[c]([Sn]([CH3])([CH3])[CH3])c1C#N. The van der Waals surface area contributed by atoms with Crippen LogP contribution >= 0.6 is 22.7 Å². The molecule has 2 rings (SSSR count). The normalized spacial score (nSPS) is 12.4. The molecule has 5 heteroatoms. The van der Waals surface area contributed by atoms with Crippen LogP contribution in [-0.4, -0.2) is 36.8 Å². The van der Waals surface area contributed by atoms with Crippen LogP contribution in [0.4, 0.5) is 0 Å². The Bertz CT molecular complexity index is 663. The van der Waals surface area contributed by atoms with E-state index in [0.717, 1.165) is 5.56 Å². The quantitative estimate of drug-likeness (QED) is 0.554. The summed E-state index contributed by atoms with van der Waals surface area (Å²) < 4.78 is 2.96. The number of nitrogens with zero attached hydrogens (tertiary/aromatic N) is 1. The van der Waals surface area contributed by atoms with Gasteiger partial charge in [-0.1, -0.05) is 0 Å². The maximum atomic E-state index is 9.66.